The summed E-state index contributed by atoms with van der Waals surface area (Å²) in [6.45, 7) is 9.80. The highest BCUT2D eigenvalue weighted by atomic mass is 79.9. The Kier molecular flexibility index (Phi) is 8.77. The molecule has 4 aromatic rings. The Morgan fingerprint density at radius 3 is 2.61 bits per heavy atom. The van der Waals surface area contributed by atoms with Crippen LogP contribution >= 0.6 is 27.5 Å². The van der Waals surface area contributed by atoms with E-state index in [1.807, 2.05) is 51.7 Å². The number of nitrogens with zero attached hydrogens (tertiary/aromatic N) is 7. The molecule has 41 heavy (non-hydrogen) atoms. The third kappa shape index (κ3) is 6.02. The first-order valence-electron chi connectivity index (χ1n) is 13.6. The average Bonchev–Trinajstić information content (AvgIpc) is 3.47. The van der Waals surface area contributed by atoms with Gasteiger partial charge in [0.15, 0.2) is 5.82 Å². The van der Waals surface area contributed by atoms with Gasteiger partial charge in [-0.15, -0.1) is 0 Å². The van der Waals surface area contributed by atoms with Gasteiger partial charge in [-0.05, 0) is 61.3 Å². The fourth-order valence-corrected chi connectivity index (χ4v) is 5.58. The predicted molar refractivity (Wildman–Crippen MR) is 161 cm³/mol. The Morgan fingerprint density at radius 2 is 1.90 bits per heavy atom. The molecule has 0 radical (unpaired) electrons. The van der Waals surface area contributed by atoms with Crippen LogP contribution in [-0.2, 0) is 20.1 Å². The lowest BCUT2D eigenvalue weighted by Gasteiger charge is -2.22. The second-order valence-corrected chi connectivity index (χ2v) is 11.2. The van der Waals surface area contributed by atoms with E-state index < -0.39 is 6.10 Å². The Balaban J connectivity index is 1.60. The molecule has 0 aliphatic carbocycles. The topological polar surface area (TPSA) is 111 Å². The third-order valence-corrected chi connectivity index (χ3v) is 8.10. The number of hydrogen-bond donors (Lipinski definition) is 1. The van der Waals surface area contributed by atoms with Gasteiger partial charge >= 0.3 is 6.01 Å². The van der Waals surface area contributed by atoms with Crippen LogP contribution in [0.3, 0.4) is 0 Å². The number of benzene rings is 1. The zero-order chi connectivity index (χ0) is 29.3. The van der Waals surface area contributed by atoms with Crippen LogP contribution < -0.4 is 14.4 Å². The van der Waals surface area contributed by atoms with Gasteiger partial charge in [-0.1, -0.05) is 24.9 Å². The summed E-state index contributed by atoms with van der Waals surface area (Å²) in [4.78, 5) is 21.2. The van der Waals surface area contributed by atoms with E-state index >= 15 is 0 Å². The van der Waals surface area contributed by atoms with Crippen molar-refractivity contribution < 1.29 is 14.6 Å². The minimum atomic E-state index is -0.539. The molecule has 4 heterocycles. The molecule has 0 unspecified atom stereocenters. The largest absolute Gasteiger partial charge is 0.491 e. The number of aromatic nitrogens is 6. The van der Waals surface area contributed by atoms with Crippen molar-refractivity contribution in [1.29, 1.82) is 0 Å². The van der Waals surface area contributed by atoms with Gasteiger partial charge < -0.3 is 19.5 Å². The fraction of sp³-hybridized carbons (Fsp3) is 0.414. The zero-order valence-electron chi connectivity index (χ0n) is 23.8. The van der Waals surface area contributed by atoms with E-state index in [0.717, 1.165) is 50.6 Å². The zero-order valence-corrected chi connectivity index (χ0v) is 26.1. The van der Waals surface area contributed by atoms with Crippen LogP contribution in [-0.4, -0.2) is 54.1 Å². The van der Waals surface area contributed by atoms with E-state index in [9.17, 15) is 5.11 Å². The molecular weight excluding hydrogens is 610 g/mol. The standard InChI is InChI=1S/C29H33BrClN7O3/c1-6-8-19(39)15-41-20-9-10-22(31)21(11-20)27-34-24(25-17(4)26(30)36-37(25)5)16(3)28(35-27)38-13-18-12-32-29(40-7-2)33-23(18)14-38/h9-12,19,39H,6-8,13-15H2,1-5H3/t19-/m1/s1. The molecule has 1 N–H and O–H groups in total. The van der Waals surface area contributed by atoms with Gasteiger partial charge in [0.2, 0.25) is 0 Å². The van der Waals surface area contributed by atoms with Gasteiger partial charge in [-0.25, -0.2) is 15.0 Å². The highest BCUT2D eigenvalue weighted by Gasteiger charge is 2.28. The monoisotopic (exact) mass is 641 g/mol. The van der Waals surface area contributed by atoms with E-state index in [-0.39, 0.29) is 6.61 Å². The minimum absolute atomic E-state index is 0.194. The summed E-state index contributed by atoms with van der Waals surface area (Å²) in [5, 5.41) is 15.2. The van der Waals surface area contributed by atoms with Gasteiger partial charge in [0.05, 0.1) is 41.4 Å². The lowest BCUT2D eigenvalue weighted by molar-refractivity contribution is 0.0994. The second kappa shape index (κ2) is 12.3. The molecule has 1 aliphatic heterocycles. The Labute approximate surface area is 252 Å². The lowest BCUT2D eigenvalue weighted by Crippen LogP contribution is -2.19. The normalized spacial score (nSPS) is 13.4. The van der Waals surface area contributed by atoms with Crippen LogP contribution in [0.4, 0.5) is 5.82 Å². The molecule has 12 heteroatoms. The molecule has 3 aromatic heterocycles. The molecule has 0 bridgehead atoms. The number of aryl methyl sites for hydroxylation is 1. The fourth-order valence-electron chi connectivity index (χ4n) is 4.95. The number of rotatable bonds is 10. The molecule has 0 fully saturated rings. The summed E-state index contributed by atoms with van der Waals surface area (Å²) in [7, 11) is 1.90. The molecule has 0 amide bonds. The van der Waals surface area contributed by atoms with Crippen LogP contribution in [0.1, 0.15) is 49.1 Å². The van der Waals surface area contributed by atoms with Gasteiger partial charge in [-0.2, -0.15) is 10.1 Å². The number of halogens is 2. The van der Waals surface area contributed by atoms with E-state index in [1.165, 1.54) is 0 Å². The van der Waals surface area contributed by atoms with Crippen LogP contribution in [0, 0.1) is 13.8 Å². The summed E-state index contributed by atoms with van der Waals surface area (Å²) in [5.41, 5.74) is 6.06. The quantitative estimate of drug-likeness (QED) is 0.229. The van der Waals surface area contributed by atoms with Gasteiger partial charge in [0.25, 0.3) is 0 Å². The van der Waals surface area contributed by atoms with E-state index in [1.54, 1.807) is 12.1 Å². The summed E-state index contributed by atoms with van der Waals surface area (Å²) in [6, 6.07) is 5.75. The number of anilines is 1. The maximum absolute atomic E-state index is 10.2. The summed E-state index contributed by atoms with van der Waals surface area (Å²) in [5.74, 6) is 1.80. The number of fused-ring (bicyclic) bond motifs is 1. The van der Waals surface area contributed by atoms with Crippen LogP contribution in [0.5, 0.6) is 11.8 Å². The van der Waals surface area contributed by atoms with Crippen LogP contribution in [0.25, 0.3) is 22.8 Å². The van der Waals surface area contributed by atoms with Crippen molar-refractivity contribution >= 4 is 33.3 Å². The molecule has 0 saturated heterocycles. The first-order chi connectivity index (χ1) is 19.7. The van der Waals surface area contributed by atoms with Crippen molar-refractivity contribution in [2.75, 3.05) is 18.1 Å². The first-order valence-corrected chi connectivity index (χ1v) is 14.8. The highest BCUT2D eigenvalue weighted by Crippen LogP contribution is 2.39. The lowest BCUT2D eigenvalue weighted by atomic mass is 10.1. The van der Waals surface area contributed by atoms with Crippen molar-refractivity contribution in [2.24, 2.45) is 7.05 Å². The molecular formula is C29H33BrClN7O3. The highest BCUT2D eigenvalue weighted by molar-refractivity contribution is 9.10. The van der Waals surface area contributed by atoms with Crippen molar-refractivity contribution in [1.82, 2.24) is 29.7 Å². The molecule has 5 rings (SSSR count). The summed E-state index contributed by atoms with van der Waals surface area (Å²) < 4.78 is 14.0. The molecule has 216 valence electrons. The molecule has 0 saturated carbocycles. The van der Waals surface area contributed by atoms with Crippen molar-refractivity contribution in [3.8, 4) is 34.5 Å². The van der Waals surface area contributed by atoms with Crippen molar-refractivity contribution in [3.63, 3.8) is 0 Å². The molecule has 1 aromatic carbocycles. The maximum Gasteiger partial charge on any atom is 0.316 e. The molecule has 10 nitrogen and oxygen atoms in total. The van der Waals surface area contributed by atoms with Gasteiger partial charge in [-0.3, -0.25) is 4.68 Å². The predicted octanol–water partition coefficient (Wildman–Crippen LogP) is 5.83. The van der Waals surface area contributed by atoms with Crippen molar-refractivity contribution in [3.05, 3.63) is 56.4 Å². The van der Waals surface area contributed by atoms with Gasteiger partial charge in [0, 0.05) is 42.0 Å². The number of ether oxygens (including phenoxy) is 2. The van der Waals surface area contributed by atoms with E-state index in [2.05, 4.69) is 35.9 Å². The Morgan fingerprint density at radius 1 is 1.10 bits per heavy atom. The van der Waals surface area contributed by atoms with Gasteiger partial charge in [0.1, 0.15) is 22.8 Å². The number of aliphatic hydroxyl groups is 1. The van der Waals surface area contributed by atoms with E-state index in [0.29, 0.717) is 54.3 Å². The van der Waals surface area contributed by atoms with E-state index in [4.69, 9.17) is 31.0 Å². The van der Waals surface area contributed by atoms with Crippen molar-refractivity contribution in [2.45, 2.75) is 59.7 Å². The Bertz CT molecular complexity index is 1580. The number of aliphatic hydroxyl groups excluding tert-OH is 1. The minimum Gasteiger partial charge on any atom is -0.491 e. The molecule has 1 aliphatic rings. The SMILES string of the molecule is CCC[C@@H](O)COc1ccc(Cl)c(-c2nc(-c3c(C)c(Br)nn3C)c(C)c(N3Cc4cnc(OCC)nc4C3)n2)c1. The maximum atomic E-state index is 10.2. The van der Waals surface area contributed by atoms with Crippen LogP contribution in [0.15, 0.2) is 29.0 Å². The Hall–Kier alpha value is -3.28. The molecule has 0 spiro atoms. The smallest absolute Gasteiger partial charge is 0.316 e. The average molecular weight is 643 g/mol. The molecule has 1 atom stereocenters. The third-order valence-electron chi connectivity index (χ3n) is 7.02. The summed E-state index contributed by atoms with van der Waals surface area (Å²) >= 11 is 10.3. The summed E-state index contributed by atoms with van der Waals surface area (Å²) in [6.07, 6.45) is 2.82. The number of hydrogen-bond acceptors (Lipinski definition) is 9. The first kappa shape index (κ1) is 29.2. The second-order valence-electron chi connectivity index (χ2n) is 10.0. The van der Waals surface area contributed by atoms with Crippen LogP contribution in [0.2, 0.25) is 5.02 Å².